The molecule has 1 aromatic rings. The minimum Gasteiger partial charge on any atom is -0.391 e. The number of carbonyl (C=O) groups excluding carboxylic acids is 1. The van der Waals surface area contributed by atoms with Crippen molar-refractivity contribution in [3.8, 4) is 0 Å². The van der Waals surface area contributed by atoms with Gasteiger partial charge in [-0.2, -0.15) is 0 Å². The summed E-state index contributed by atoms with van der Waals surface area (Å²) >= 11 is 3.41. The Hall–Kier alpha value is -0.870. The molecule has 1 amide bonds. The van der Waals surface area contributed by atoms with E-state index in [0.717, 1.165) is 15.7 Å². The summed E-state index contributed by atoms with van der Waals surface area (Å²) in [5, 5.41) is 9.38. The molecule has 0 spiro atoms. The van der Waals surface area contributed by atoms with Gasteiger partial charge < -0.3 is 10.0 Å². The van der Waals surface area contributed by atoms with Gasteiger partial charge in [0, 0.05) is 10.2 Å². The lowest BCUT2D eigenvalue weighted by molar-refractivity contribution is -0.117. The number of anilines is 1. The SMILES string of the molecule is Cc1cc(N2C[C@H](O)CC2=O)ccc1Br. The molecule has 1 N–H and O–H groups in total. The van der Waals surface area contributed by atoms with E-state index in [1.54, 1.807) is 4.90 Å². The maximum Gasteiger partial charge on any atom is 0.229 e. The number of benzene rings is 1. The van der Waals surface area contributed by atoms with E-state index in [-0.39, 0.29) is 12.3 Å². The lowest BCUT2D eigenvalue weighted by Crippen LogP contribution is -2.25. The van der Waals surface area contributed by atoms with Gasteiger partial charge in [-0.3, -0.25) is 4.79 Å². The molecule has 1 atom stereocenters. The number of hydrogen-bond donors (Lipinski definition) is 1. The molecule has 0 aromatic heterocycles. The third kappa shape index (κ3) is 2.06. The van der Waals surface area contributed by atoms with Crippen LogP contribution in [0.1, 0.15) is 12.0 Å². The molecule has 0 aliphatic carbocycles. The largest absolute Gasteiger partial charge is 0.391 e. The third-order valence-electron chi connectivity index (χ3n) is 2.56. The summed E-state index contributed by atoms with van der Waals surface area (Å²) in [5.74, 6) is -0.00998. The summed E-state index contributed by atoms with van der Waals surface area (Å²) in [6.45, 7) is 2.38. The maximum atomic E-state index is 11.5. The number of hydrogen-bond acceptors (Lipinski definition) is 2. The quantitative estimate of drug-likeness (QED) is 0.846. The molecule has 1 heterocycles. The summed E-state index contributed by atoms with van der Waals surface area (Å²) in [7, 11) is 0. The minimum atomic E-state index is -0.526. The number of aliphatic hydroxyl groups excluding tert-OH is 1. The summed E-state index contributed by atoms with van der Waals surface area (Å²) in [5.41, 5.74) is 1.94. The van der Waals surface area contributed by atoms with Gasteiger partial charge in [0.25, 0.3) is 0 Å². The summed E-state index contributed by atoms with van der Waals surface area (Å²) in [6.07, 6.45) is -0.295. The van der Waals surface area contributed by atoms with Crippen LogP contribution in [0.5, 0.6) is 0 Å². The van der Waals surface area contributed by atoms with Crippen LogP contribution in [0.15, 0.2) is 22.7 Å². The van der Waals surface area contributed by atoms with E-state index in [0.29, 0.717) is 6.54 Å². The van der Waals surface area contributed by atoms with Crippen LogP contribution in [0.3, 0.4) is 0 Å². The van der Waals surface area contributed by atoms with Gasteiger partial charge in [0.2, 0.25) is 5.91 Å². The Morgan fingerprint density at radius 2 is 2.27 bits per heavy atom. The first kappa shape index (κ1) is 10.6. The molecule has 0 saturated carbocycles. The Labute approximate surface area is 96.8 Å². The lowest BCUT2D eigenvalue weighted by atomic mass is 10.2. The smallest absolute Gasteiger partial charge is 0.229 e. The number of aryl methyl sites for hydroxylation is 1. The normalized spacial score (nSPS) is 21.1. The van der Waals surface area contributed by atoms with Crippen molar-refractivity contribution < 1.29 is 9.90 Å². The van der Waals surface area contributed by atoms with Gasteiger partial charge in [0.15, 0.2) is 0 Å². The maximum absolute atomic E-state index is 11.5. The van der Waals surface area contributed by atoms with Crippen LogP contribution in [0, 0.1) is 6.92 Å². The zero-order chi connectivity index (χ0) is 11.0. The predicted molar refractivity (Wildman–Crippen MR) is 61.9 cm³/mol. The molecule has 3 nitrogen and oxygen atoms in total. The summed E-state index contributed by atoms with van der Waals surface area (Å²) in [4.78, 5) is 13.2. The highest BCUT2D eigenvalue weighted by Crippen LogP contribution is 2.26. The van der Waals surface area contributed by atoms with Gasteiger partial charge in [-0.1, -0.05) is 15.9 Å². The zero-order valence-corrected chi connectivity index (χ0v) is 9.99. The Kier molecular flexibility index (Phi) is 2.80. The second kappa shape index (κ2) is 3.94. The average molecular weight is 270 g/mol. The van der Waals surface area contributed by atoms with Crippen molar-refractivity contribution in [1.29, 1.82) is 0 Å². The number of halogens is 1. The number of amides is 1. The number of aliphatic hydroxyl groups is 1. The molecule has 0 unspecified atom stereocenters. The van der Waals surface area contributed by atoms with E-state index in [4.69, 9.17) is 0 Å². The molecule has 0 bridgehead atoms. The van der Waals surface area contributed by atoms with Crippen molar-refractivity contribution in [2.45, 2.75) is 19.4 Å². The molecular formula is C11H12BrNO2. The molecule has 1 aliphatic heterocycles. The van der Waals surface area contributed by atoms with Crippen LogP contribution in [0.2, 0.25) is 0 Å². The molecule has 80 valence electrons. The van der Waals surface area contributed by atoms with Crippen molar-refractivity contribution in [1.82, 2.24) is 0 Å². The summed E-state index contributed by atoms with van der Waals surface area (Å²) < 4.78 is 1.03. The molecule has 2 rings (SSSR count). The van der Waals surface area contributed by atoms with Crippen molar-refractivity contribution in [3.05, 3.63) is 28.2 Å². The molecule has 1 aliphatic rings. The first-order valence-electron chi connectivity index (χ1n) is 4.82. The van der Waals surface area contributed by atoms with Crippen LogP contribution in [0.25, 0.3) is 0 Å². The van der Waals surface area contributed by atoms with E-state index in [2.05, 4.69) is 15.9 Å². The van der Waals surface area contributed by atoms with Gasteiger partial charge in [-0.25, -0.2) is 0 Å². The lowest BCUT2D eigenvalue weighted by Gasteiger charge is -2.16. The van der Waals surface area contributed by atoms with E-state index in [1.165, 1.54) is 0 Å². The fraction of sp³-hybridized carbons (Fsp3) is 0.364. The van der Waals surface area contributed by atoms with Crippen LogP contribution >= 0.6 is 15.9 Å². The van der Waals surface area contributed by atoms with E-state index in [9.17, 15) is 9.90 Å². The van der Waals surface area contributed by atoms with Gasteiger partial charge in [-0.15, -0.1) is 0 Å². The number of carbonyl (C=O) groups is 1. The van der Waals surface area contributed by atoms with Crippen LogP contribution < -0.4 is 4.90 Å². The number of nitrogens with zero attached hydrogens (tertiary/aromatic N) is 1. The molecule has 4 heteroatoms. The first-order valence-corrected chi connectivity index (χ1v) is 5.62. The van der Waals surface area contributed by atoms with E-state index < -0.39 is 6.10 Å². The van der Waals surface area contributed by atoms with Crippen LogP contribution in [-0.2, 0) is 4.79 Å². The van der Waals surface area contributed by atoms with Crippen LogP contribution in [-0.4, -0.2) is 23.7 Å². The van der Waals surface area contributed by atoms with Gasteiger partial charge in [0.1, 0.15) is 0 Å². The number of rotatable bonds is 1. The monoisotopic (exact) mass is 269 g/mol. The van der Waals surface area contributed by atoms with Crippen molar-refractivity contribution in [3.63, 3.8) is 0 Å². The molecule has 0 radical (unpaired) electrons. The molecular weight excluding hydrogens is 258 g/mol. The van der Waals surface area contributed by atoms with Crippen molar-refractivity contribution >= 4 is 27.5 Å². The van der Waals surface area contributed by atoms with Gasteiger partial charge >= 0.3 is 0 Å². The Morgan fingerprint density at radius 1 is 1.53 bits per heavy atom. The van der Waals surface area contributed by atoms with Gasteiger partial charge in [0.05, 0.1) is 19.1 Å². The summed E-state index contributed by atoms with van der Waals surface area (Å²) in [6, 6.07) is 5.75. The van der Waals surface area contributed by atoms with Gasteiger partial charge in [-0.05, 0) is 30.7 Å². The Balaban J connectivity index is 2.30. The molecule has 15 heavy (non-hydrogen) atoms. The first-order chi connectivity index (χ1) is 7.08. The Morgan fingerprint density at radius 3 is 2.80 bits per heavy atom. The fourth-order valence-corrected chi connectivity index (χ4v) is 1.98. The highest BCUT2D eigenvalue weighted by molar-refractivity contribution is 9.10. The second-order valence-corrected chi connectivity index (χ2v) is 4.65. The van der Waals surface area contributed by atoms with Crippen molar-refractivity contribution in [2.24, 2.45) is 0 Å². The molecule has 1 saturated heterocycles. The second-order valence-electron chi connectivity index (χ2n) is 3.80. The standard InChI is InChI=1S/C11H12BrNO2/c1-7-4-8(2-3-10(7)12)13-6-9(14)5-11(13)15/h2-4,9,14H,5-6H2,1H3/t9-/m1/s1. The highest BCUT2D eigenvalue weighted by atomic mass is 79.9. The molecule has 1 fully saturated rings. The highest BCUT2D eigenvalue weighted by Gasteiger charge is 2.28. The number of β-amino-alcohol motifs (C(OH)–C–C–N with tert-alkyl or cyclic N) is 1. The average Bonchev–Trinajstić information content (AvgIpc) is 2.50. The van der Waals surface area contributed by atoms with E-state index in [1.807, 2.05) is 25.1 Å². The van der Waals surface area contributed by atoms with Crippen LogP contribution in [0.4, 0.5) is 5.69 Å². The van der Waals surface area contributed by atoms with Crippen molar-refractivity contribution in [2.75, 3.05) is 11.4 Å². The molecule has 1 aromatic carbocycles. The topological polar surface area (TPSA) is 40.5 Å². The third-order valence-corrected chi connectivity index (χ3v) is 3.45. The predicted octanol–water partition coefficient (Wildman–Crippen LogP) is 1.86. The van der Waals surface area contributed by atoms with E-state index >= 15 is 0 Å². The Bertz CT molecular complexity index is 406. The fourth-order valence-electron chi connectivity index (χ4n) is 1.74. The zero-order valence-electron chi connectivity index (χ0n) is 8.40. The minimum absolute atomic E-state index is 0.00998.